The van der Waals surface area contributed by atoms with Crippen molar-refractivity contribution in [1.82, 2.24) is 9.97 Å². The molecule has 0 aliphatic carbocycles. The predicted molar refractivity (Wildman–Crippen MR) is 124 cm³/mol. The van der Waals surface area contributed by atoms with Crippen LogP contribution in [0.2, 0.25) is 0 Å². The fraction of sp³-hybridized carbons (Fsp3) is 0.179. The number of Topliss-reactive ketones (excluding diaryl/α,β-unsaturated/α-hetero) is 1. The molecule has 0 saturated heterocycles. The molecule has 0 spiro atoms. The summed E-state index contributed by atoms with van der Waals surface area (Å²) in [6, 6.07) is 25.6. The average Bonchev–Trinajstić information content (AvgIpc) is 2.83. The molecule has 0 atom stereocenters. The van der Waals surface area contributed by atoms with E-state index >= 15 is 0 Å². The third-order valence-electron chi connectivity index (χ3n) is 5.60. The average molecular weight is 654 g/mol. The van der Waals surface area contributed by atoms with E-state index in [1.54, 1.807) is 25.3 Å². The van der Waals surface area contributed by atoms with Gasteiger partial charge in [0.1, 0.15) is 0 Å². The molecule has 0 saturated carbocycles. The van der Waals surface area contributed by atoms with Crippen LogP contribution in [-0.4, -0.2) is 21.9 Å². The van der Waals surface area contributed by atoms with Crippen LogP contribution in [0, 0.1) is 19.1 Å². The van der Waals surface area contributed by atoms with Crippen LogP contribution in [-0.2, 0) is 26.5 Å². The van der Waals surface area contributed by atoms with Crippen LogP contribution >= 0.6 is 0 Å². The number of carbonyl (C=O) groups is 1. The summed E-state index contributed by atoms with van der Waals surface area (Å²) in [6.45, 7) is 5.73. The van der Waals surface area contributed by atoms with E-state index < -0.39 is 22.9 Å². The number of rotatable bonds is 5. The Kier molecular flexibility index (Phi) is 7.76. The van der Waals surface area contributed by atoms with Gasteiger partial charge < -0.3 is 4.98 Å². The monoisotopic (exact) mass is 653 g/mol. The molecule has 2 aromatic carbocycles. The summed E-state index contributed by atoms with van der Waals surface area (Å²) in [5.41, 5.74) is 3.50. The van der Waals surface area contributed by atoms with Crippen LogP contribution in [0.15, 0.2) is 72.9 Å². The van der Waals surface area contributed by atoms with Crippen LogP contribution in [0.1, 0.15) is 41.0 Å². The van der Waals surface area contributed by atoms with Crippen LogP contribution in [0.4, 0.5) is 13.2 Å². The van der Waals surface area contributed by atoms with E-state index in [2.05, 4.69) is 35.9 Å². The molecule has 2 heterocycles. The molecule has 2 aromatic heterocycles. The fourth-order valence-corrected chi connectivity index (χ4v) is 3.74. The summed E-state index contributed by atoms with van der Waals surface area (Å²) in [7, 11) is 0. The number of hydrogen-bond donors (Lipinski definition) is 0. The number of alkyl halides is 3. The van der Waals surface area contributed by atoms with Gasteiger partial charge >= 0.3 is 27.2 Å². The molecule has 4 rings (SSSR count). The van der Waals surface area contributed by atoms with Crippen molar-refractivity contribution in [3.8, 4) is 22.5 Å². The Hall–Kier alpha value is -3.11. The summed E-state index contributed by atoms with van der Waals surface area (Å²) >= 11 is 0. The van der Waals surface area contributed by atoms with Crippen molar-refractivity contribution in [3.63, 3.8) is 0 Å². The smallest absolute Gasteiger partial charge is 0.345 e. The number of nitrogens with zero attached hydrogens (tertiary/aromatic N) is 2. The van der Waals surface area contributed by atoms with Crippen LogP contribution in [0.25, 0.3) is 22.5 Å². The molecule has 0 unspecified atom stereocenters. The first-order valence-electron chi connectivity index (χ1n) is 10.6. The van der Waals surface area contributed by atoms with E-state index in [0.29, 0.717) is 22.5 Å². The van der Waals surface area contributed by atoms with Crippen molar-refractivity contribution in [1.29, 1.82) is 0 Å². The number of pyridine rings is 2. The van der Waals surface area contributed by atoms with Crippen LogP contribution in [0.5, 0.6) is 0 Å². The van der Waals surface area contributed by atoms with Crippen molar-refractivity contribution in [2.75, 3.05) is 0 Å². The second-order valence-electron chi connectivity index (χ2n) is 8.52. The van der Waals surface area contributed by atoms with Gasteiger partial charge in [-0.15, -0.1) is 64.7 Å². The third kappa shape index (κ3) is 5.76. The molecule has 0 amide bonds. The third-order valence-corrected chi connectivity index (χ3v) is 5.60. The van der Waals surface area contributed by atoms with E-state index in [9.17, 15) is 18.0 Å². The topological polar surface area (TPSA) is 42.9 Å². The number of aryl methyl sites for hydroxylation is 1. The summed E-state index contributed by atoms with van der Waals surface area (Å²) in [5, 5.41) is 0. The van der Waals surface area contributed by atoms with E-state index in [0.717, 1.165) is 16.8 Å². The van der Waals surface area contributed by atoms with E-state index in [4.69, 9.17) is 0 Å². The molecule has 180 valence electrons. The van der Waals surface area contributed by atoms with Crippen molar-refractivity contribution >= 4 is 5.78 Å². The molecular formula is C28H21F3N2OPt. The largest absolute Gasteiger partial charge is 2.00 e. The van der Waals surface area contributed by atoms with Crippen LogP contribution < -0.4 is 0 Å². The molecule has 35 heavy (non-hydrogen) atoms. The number of hydrogen-bond acceptors (Lipinski definition) is 3. The molecule has 7 heteroatoms. The first-order chi connectivity index (χ1) is 16.1. The molecular weight excluding hydrogens is 632 g/mol. The number of aromatic nitrogens is 2. The van der Waals surface area contributed by atoms with Crippen molar-refractivity contribution in [2.24, 2.45) is 0 Å². The minimum Gasteiger partial charge on any atom is -0.345 e. The molecule has 0 fully saturated rings. The standard InChI is InChI=1S/C28H21F3N2O.Pt/c1-18-14-20(16-21(15-18)26(34)28(29,30)31)24-11-7-10-23(33-24)19-8-6-9-22(17-19)27(2,3)25-12-4-5-13-32-25;/h4-13,15-16H,1-3H3;/q-2;+2. The van der Waals surface area contributed by atoms with E-state index in [1.807, 2.05) is 42.5 Å². The van der Waals surface area contributed by atoms with Gasteiger partial charge in [0, 0.05) is 17.3 Å². The summed E-state index contributed by atoms with van der Waals surface area (Å²) < 4.78 is 38.9. The Balaban J connectivity index is 0.00000342. The minimum atomic E-state index is -4.95. The van der Waals surface area contributed by atoms with Gasteiger partial charge in [-0.3, -0.25) is 9.78 Å². The normalized spacial score (nSPS) is 11.6. The van der Waals surface area contributed by atoms with Gasteiger partial charge in [-0.25, -0.2) is 0 Å². The van der Waals surface area contributed by atoms with Crippen molar-refractivity contribution < 1.29 is 39.0 Å². The maximum Gasteiger partial charge on any atom is 2.00 e. The van der Waals surface area contributed by atoms with Gasteiger partial charge in [0.15, 0.2) is 0 Å². The summed E-state index contributed by atoms with van der Waals surface area (Å²) in [4.78, 5) is 20.9. The van der Waals surface area contributed by atoms with Gasteiger partial charge in [-0.2, -0.15) is 13.2 Å². The minimum absolute atomic E-state index is 0. The molecule has 0 aliphatic rings. The zero-order valence-corrected chi connectivity index (χ0v) is 21.5. The van der Waals surface area contributed by atoms with Gasteiger partial charge in [0.25, 0.3) is 0 Å². The molecule has 0 N–H and O–H groups in total. The number of benzene rings is 2. The van der Waals surface area contributed by atoms with Crippen molar-refractivity contribution in [3.05, 3.63) is 107 Å². The number of carbonyl (C=O) groups excluding carboxylic acids is 1. The second kappa shape index (κ2) is 10.2. The van der Waals surface area contributed by atoms with E-state index in [-0.39, 0.29) is 21.1 Å². The zero-order valence-electron chi connectivity index (χ0n) is 19.2. The van der Waals surface area contributed by atoms with E-state index in [1.165, 1.54) is 12.1 Å². The second-order valence-corrected chi connectivity index (χ2v) is 8.52. The predicted octanol–water partition coefficient (Wildman–Crippen LogP) is 6.79. The van der Waals surface area contributed by atoms with Crippen LogP contribution in [0.3, 0.4) is 0 Å². The Labute approximate surface area is 216 Å². The molecule has 3 nitrogen and oxygen atoms in total. The molecule has 0 radical (unpaired) electrons. The quantitative estimate of drug-likeness (QED) is 0.176. The van der Waals surface area contributed by atoms with Gasteiger partial charge in [0.05, 0.1) is 0 Å². The summed E-state index contributed by atoms with van der Waals surface area (Å²) in [6.07, 6.45) is -3.20. The van der Waals surface area contributed by atoms with Crippen molar-refractivity contribution in [2.45, 2.75) is 32.4 Å². The maximum absolute atomic E-state index is 13.0. The first-order valence-corrected chi connectivity index (χ1v) is 10.6. The molecule has 0 aliphatic heterocycles. The first kappa shape index (κ1) is 26.5. The summed E-state index contributed by atoms with van der Waals surface area (Å²) in [5.74, 6) is -1.89. The van der Waals surface area contributed by atoms with Gasteiger partial charge in [-0.05, 0) is 23.5 Å². The zero-order chi connectivity index (χ0) is 24.5. The SMILES string of the molecule is Cc1[c-]c(-c2cccc(-c3[c-]c(C(C)(C)c4ccccn4)ccc3)n2)cc(C(=O)C(F)(F)F)c1.[Pt+2]. The fourth-order valence-electron chi connectivity index (χ4n) is 3.74. The van der Waals surface area contributed by atoms with Gasteiger partial charge in [0.2, 0.25) is 5.78 Å². The number of ketones is 1. The Bertz CT molecular complexity index is 1350. The molecule has 0 bridgehead atoms. The van der Waals surface area contributed by atoms with Gasteiger partial charge in [-0.1, -0.05) is 50.6 Å². The Morgan fingerprint density at radius 2 is 1.54 bits per heavy atom. The Morgan fingerprint density at radius 1 is 0.857 bits per heavy atom. The Morgan fingerprint density at radius 3 is 2.20 bits per heavy atom. The molecule has 4 aromatic rings. The maximum atomic E-state index is 13.0. The number of halogens is 3.